The molecule has 1 aliphatic heterocycles. The largest absolute Gasteiger partial charge is 0.371 e. The van der Waals surface area contributed by atoms with Crippen molar-refractivity contribution in [1.29, 1.82) is 0 Å². The van der Waals surface area contributed by atoms with Gasteiger partial charge in [-0.05, 0) is 60.9 Å². The van der Waals surface area contributed by atoms with Crippen LogP contribution in [0.5, 0.6) is 0 Å². The SMILES string of the molecule is O=C(NC[C@@H]1CCN(c2ccc(F)c(F)c2)C1)c1ccc(-n2cccc2)cc1. The molecule has 0 spiro atoms. The molecule has 2 heterocycles. The van der Waals surface area contributed by atoms with Crippen molar-refractivity contribution >= 4 is 11.6 Å². The molecule has 1 amide bonds. The predicted octanol–water partition coefficient (Wildman–Crippen LogP) is 4.01. The Kier molecular flexibility index (Phi) is 5.10. The van der Waals surface area contributed by atoms with Gasteiger partial charge in [-0.1, -0.05) is 0 Å². The summed E-state index contributed by atoms with van der Waals surface area (Å²) >= 11 is 0. The van der Waals surface area contributed by atoms with Crippen LogP contribution in [0.4, 0.5) is 14.5 Å². The van der Waals surface area contributed by atoms with Gasteiger partial charge in [0.05, 0.1) is 0 Å². The van der Waals surface area contributed by atoms with Crippen LogP contribution in [0.25, 0.3) is 5.69 Å². The molecule has 1 fully saturated rings. The Labute approximate surface area is 162 Å². The lowest BCUT2D eigenvalue weighted by Crippen LogP contribution is -2.31. The standard InChI is InChI=1S/C22H21F2N3O/c23-20-8-7-19(13-21(20)24)27-12-9-16(15-27)14-25-22(28)17-3-5-18(6-4-17)26-10-1-2-11-26/h1-8,10-11,13,16H,9,12,14-15H2,(H,25,28)/t16-/m0/s1. The molecule has 2 aromatic carbocycles. The van der Waals surface area contributed by atoms with E-state index in [1.165, 1.54) is 6.07 Å². The lowest BCUT2D eigenvalue weighted by Gasteiger charge is -2.19. The zero-order valence-electron chi connectivity index (χ0n) is 15.3. The fraction of sp³-hybridized carbons (Fsp3) is 0.227. The van der Waals surface area contributed by atoms with Gasteiger partial charge in [0.25, 0.3) is 5.91 Å². The third-order valence-corrected chi connectivity index (χ3v) is 5.14. The van der Waals surface area contributed by atoms with Crippen molar-refractivity contribution in [3.63, 3.8) is 0 Å². The van der Waals surface area contributed by atoms with Crippen molar-refractivity contribution in [1.82, 2.24) is 9.88 Å². The zero-order chi connectivity index (χ0) is 19.5. The molecule has 1 N–H and O–H groups in total. The molecule has 144 valence electrons. The number of rotatable bonds is 5. The molecule has 1 aromatic heterocycles. The predicted molar refractivity (Wildman–Crippen MR) is 105 cm³/mol. The highest BCUT2D eigenvalue weighted by Gasteiger charge is 2.24. The molecule has 6 heteroatoms. The summed E-state index contributed by atoms with van der Waals surface area (Å²) in [5.41, 5.74) is 2.29. The Morgan fingerprint density at radius 3 is 2.43 bits per heavy atom. The number of hydrogen-bond donors (Lipinski definition) is 1. The molecule has 0 unspecified atom stereocenters. The maximum atomic E-state index is 13.4. The summed E-state index contributed by atoms with van der Waals surface area (Å²) in [6.45, 7) is 2.02. The lowest BCUT2D eigenvalue weighted by atomic mass is 10.1. The van der Waals surface area contributed by atoms with Crippen molar-refractivity contribution < 1.29 is 13.6 Å². The Morgan fingerprint density at radius 2 is 1.71 bits per heavy atom. The average molecular weight is 381 g/mol. The van der Waals surface area contributed by atoms with Crippen molar-refractivity contribution in [2.45, 2.75) is 6.42 Å². The van der Waals surface area contributed by atoms with Crippen LogP contribution in [0.3, 0.4) is 0 Å². The molecule has 1 atom stereocenters. The van der Waals surface area contributed by atoms with Crippen LogP contribution in [0.2, 0.25) is 0 Å². The van der Waals surface area contributed by atoms with E-state index in [0.29, 0.717) is 24.3 Å². The van der Waals surface area contributed by atoms with E-state index in [4.69, 9.17) is 0 Å². The van der Waals surface area contributed by atoms with Gasteiger partial charge in [-0.3, -0.25) is 4.79 Å². The zero-order valence-corrected chi connectivity index (χ0v) is 15.3. The molecule has 4 nitrogen and oxygen atoms in total. The second-order valence-electron chi connectivity index (χ2n) is 7.05. The van der Waals surface area contributed by atoms with E-state index < -0.39 is 11.6 Å². The van der Waals surface area contributed by atoms with Gasteiger partial charge < -0.3 is 14.8 Å². The van der Waals surface area contributed by atoms with Crippen LogP contribution in [0.15, 0.2) is 67.0 Å². The summed E-state index contributed by atoms with van der Waals surface area (Å²) in [5, 5.41) is 2.98. The number of aromatic nitrogens is 1. The number of benzene rings is 2. The molecular weight excluding hydrogens is 360 g/mol. The summed E-state index contributed by atoms with van der Waals surface area (Å²) in [7, 11) is 0. The van der Waals surface area contributed by atoms with Gasteiger partial charge in [0.1, 0.15) is 0 Å². The van der Waals surface area contributed by atoms with E-state index in [9.17, 15) is 13.6 Å². The second kappa shape index (κ2) is 7.84. The highest BCUT2D eigenvalue weighted by Crippen LogP contribution is 2.25. The first-order valence-electron chi connectivity index (χ1n) is 9.32. The van der Waals surface area contributed by atoms with Crippen LogP contribution in [-0.4, -0.2) is 30.1 Å². The van der Waals surface area contributed by atoms with Gasteiger partial charge in [0.15, 0.2) is 11.6 Å². The van der Waals surface area contributed by atoms with Gasteiger partial charge >= 0.3 is 0 Å². The number of hydrogen-bond acceptors (Lipinski definition) is 2. The fourth-order valence-electron chi connectivity index (χ4n) is 3.55. The maximum Gasteiger partial charge on any atom is 0.251 e. The van der Waals surface area contributed by atoms with Crippen molar-refractivity contribution in [2.24, 2.45) is 5.92 Å². The number of carbonyl (C=O) groups is 1. The number of nitrogens with one attached hydrogen (secondary N) is 1. The first-order chi connectivity index (χ1) is 13.6. The quantitative estimate of drug-likeness (QED) is 0.725. The minimum absolute atomic E-state index is 0.106. The Hall–Kier alpha value is -3.15. The summed E-state index contributed by atoms with van der Waals surface area (Å²) in [6, 6.07) is 15.3. The Bertz CT molecular complexity index is 954. The van der Waals surface area contributed by atoms with Crippen molar-refractivity contribution in [2.75, 3.05) is 24.5 Å². The number of halogens is 2. The molecule has 28 heavy (non-hydrogen) atoms. The second-order valence-corrected chi connectivity index (χ2v) is 7.05. The van der Waals surface area contributed by atoms with E-state index >= 15 is 0 Å². The summed E-state index contributed by atoms with van der Waals surface area (Å²) in [6.07, 6.45) is 4.80. The number of carbonyl (C=O) groups excluding carboxylic acids is 1. The highest BCUT2D eigenvalue weighted by molar-refractivity contribution is 5.94. The smallest absolute Gasteiger partial charge is 0.251 e. The molecule has 0 radical (unpaired) electrons. The molecule has 4 rings (SSSR count). The molecule has 1 aliphatic rings. The van der Waals surface area contributed by atoms with E-state index in [1.807, 2.05) is 58.3 Å². The van der Waals surface area contributed by atoms with Gasteiger partial charge in [-0.25, -0.2) is 8.78 Å². The molecular formula is C22H21F2N3O. The van der Waals surface area contributed by atoms with E-state index in [0.717, 1.165) is 24.7 Å². The monoisotopic (exact) mass is 381 g/mol. The van der Waals surface area contributed by atoms with Gasteiger partial charge in [-0.15, -0.1) is 0 Å². The molecule has 1 saturated heterocycles. The first-order valence-corrected chi connectivity index (χ1v) is 9.32. The van der Waals surface area contributed by atoms with Crippen LogP contribution >= 0.6 is 0 Å². The number of amides is 1. The summed E-state index contributed by atoms with van der Waals surface area (Å²) in [4.78, 5) is 14.4. The molecule has 0 saturated carbocycles. The topological polar surface area (TPSA) is 37.3 Å². The number of nitrogens with zero attached hydrogens (tertiary/aromatic N) is 2. The van der Waals surface area contributed by atoms with Crippen LogP contribution in [0, 0.1) is 17.6 Å². The van der Waals surface area contributed by atoms with Gasteiger partial charge in [0.2, 0.25) is 0 Å². The third kappa shape index (κ3) is 3.91. The summed E-state index contributed by atoms with van der Waals surface area (Å²) < 4.78 is 28.5. The van der Waals surface area contributed by atoms with Crippen LogP contribution in [0.1, 0.15) is 16.8 Å². The Balaban J connectivity index is 1.31. The highest BCUT2D eigenvalue weighted by atomic mass is 19.2. The summed E-state index contributed by atoms with van der Waals surface area (Å²) in [5.74, 6) is -1.51. The van der Waals surface area contributed by atoms with E-state index in [-0.39, 0.29) is 11.8 Å². The fourth-order valence-corrected chi connectivity index (χ4v) is 3.55. The van der Waals surface area contributed by atoms with Crippen LogP contribution in [-0.2, 0) is 0 Å². The molecule has 0 bridgehead atoms. The average Bonchev–Trinajstić information content (AvgIpc) is 3.40. The minimum atomic E-state index is -0.838. The first kappa shape index (κ1) is 18.2. The van der Waals surface area contributed by atoms with Gasteiger partial charge in [0, 0.05) is 55.0 Å². The maximum absolute atomic E-state index is 13.4. The van der Waals surface area contributed by atoms with E-state index in [2.05, 4.69) is 5.32 Å². The Morgan fingerprint density at radius 1 is 1.00 bits per heavy atom. The lowest BCUT2D eigenvalue weighted by molar-refractivity contribution is 0.0948. The van der Waals surface area contributed by atoms with Gasteiger partial charge in [-0.2, -0.15) is 0 Å². The molecule has 3 aromatic rings. The normalized spacial score (nSPS) is 16.4. The van der Waals surface area contributed by atoms with Crippen molar-refractivity contribution in [3.05, 3.63) is 84.2 Å². The van der Waals surface area contributed by atoms with Crippen molar-refractivity contribution in [3.8, 4) is 5.69 Å². The molecule has 0 aliphatic carbocycles. The van der Waals surface area contributed by atoms with E-state index in [1.54, 1.807) is 6.07 Å². The third-order valence-electron chi connectivity index (χ3n) is 5.14. The minimum Gasteiger partial charge on any atom is -0.371 e. The van der Waals surface area contributed by atoms with Crippen LogP contribution < -0.4 is 10.2 Å². The number of anilines is 1.